The van der Waals surface area contributed by atoms with Gasteiger partial charge in [0.2, 0.25) is 0 Å². The van der Waals surface area contributed by atoms with Crippen LogP contribution in [0.3, 0.4) is 0 Å². The Bertz CT molecular complexity index is 234. The smallest absolute Gasteiger partial charge is 0.142 e. The average molecular weight is 246 g/mol. The minimum atomic E-state index is 0. The van der Waals surface area contributed by atoms with Crippen molar-refractivity contribution in [3.8, 4) is 0 Å². The summed E-state index contributed by atoms with van der Waals surface area (Å²) in [7, 11) is 0. The van der Waals surface area contributed by atoms with Crippen molar-refractivity contribution in [3.63, 3.8) is 0 Å². The SMILES string of the molecule is On1ccccc1=S.[Sn]. The minimum absolute atomic E-state index is 0. The maximum atomic E-state index is 8.73. The molecule has 0 aromatic carbocycles. The van der Waals surface area contributed by atoms with Crippen LogP contribution in [0.15, 0.2) is 24.4 Å². The summed E-state index contributed by atoms with van der Waals surface area (Å²) < 4.78 is 1.32. The van der Waals surface area contributed by atoms with Crippen LogP contribution in [0.25, 0.3) is 0 Å². The summed E-state index contributed by atoms with van der Waals surface area (Å²) in [6, 6.07) is 5.13. The second kappa shape index (κ2) is 3.89. The predicted octanol–water partition coefficient (Wildman–Crippen LogP) is 1.07. The van der Waals surface area contributed by atoms with Gasteiger partial charge in [-0.25, -0.2) is 0 Å². The Kier molecular flexibility index (Phi) is 3.88. The van der Waals surface area contributed by atoms with Gasteiger partial charge in [-0.3, -0.25) is 0 Å². The van der Waals surface area contributed by atoms with Crippen molar-refractivity contribution in [3.05, 3.63) is 29.0 Å². The molecule has 0 bridgehead atoms. The van der Waals surface area contributed by atoms with Crippen LogP contribution in [0.2, 0.25) is 0 Å². The van der Waals surface area contributed by atoms with E-state index in [0.29, 0.717) is 4.64 Å². The second-order valence-corrected chi connectivity index (χ2v) is 1.80. The van der Waals surface area contributed by atoms with Gasteiger partial charge >= 0.3 is 0 Å². The van der Waals surface area contributed by atoms with Gasteiger partial charge in [-0.15, -0.1) is 0 Å². The zero-order valence-electron chi connectivity index (χ0n) is 4.61. The monoisotopic (exact) mass is 247 g/mol. The van der Waals surface area contributed by atoms with Gasteiger partial charge < -0.3 is 5.21 Å². The van der Waals surface area contributed by atoms with E-state index in [1.165, 1.54) is 6.20 Å². The van der Waals surface area contributed by atoms with Crippen LogP contribution in [0.4, 0.5) is 0 Å². The quantitative estimate of drug-likeness (QED) is 0.420. The molecule has 9 heavy (non-hydrogen) atoms. The van der Waals surface area contributed by atoms with Gasteiger partial charge in [-0.05, 0) is 12.1 Å². The van der Waals surface area contributed by atoms with Crippen LogP contribution >= 0.6 is 12.2 Å². The van der Waals surface area contributed by atoms with E-state index in [2.05, 4.69) is 12.2 Å². The van der Waals surface area contributed by atoms with E-state index in [1.807, 2.05) is 0 Å². The molecule has 0 atom stereocenters. The Labute approximate surface area is 75.0 Å². The molecule has 1 heterocycles. The van der Waals surface area contributed by atoms with Gasteiger partial charge in [-0.1, -0.05) is 18.3 Å². The first-order valence-corrected chi connectivity index (χ1v) is 2.58. The minimum Gasteiger partial charge on any atom is -0.428 e. The standard InChI is InChI=1S/C5H5NOS.Sn/c7-6-4-2-1-3-5(6)8;/h1-4,7H;. The van der Waals surface area contributed by atoms with Gasteiger partial charge in [0.1, 0.15) is 4.64 Å². The van der Waals surface area contributed by atoms with Crippen LogP contribution in [-0.2, 0) is 0 Å². The van der Waals surface area contributed by atoms with Crippen molar-refractivity contribution in [1.29, 1.82) is 0 Å². The first kappa shape index (κ1) is 8.97. The zero-order chi connectivity index (χ0) is 5.98. The molecule has 46 valence electrons. The maximum absolute atomic E-state index is 8.73. The van der Waals surface area contributed by atoms with Crippen molar-refractivity contribution in [2.45, 2.75) is 0 Å². The third-order valence-corrected chi connectivity index (χ3v) is 1.13. The number of pyridine rings is 1. The Balaban J connectivity index is 0.000000640. The fourth-order valence-corrected chi connectivity index (χ4v) is 0.558. The van der Waals surface area contributed by atoms with Gasteiger partial charge in [-0.2, -0.15) is 4.73 Å². The Morgan fingerprint density at radius 3 is 2.44 bits per heavy atom. The number of nitrogens with zero attached hydrogens (tertiary/aromatic N) is 1. The molecule has 0 saturated heterocycles. The summed E-state index contributed by atoms with van der Waals surface area (Å²) in [5.41, 5.74) is 0. The zero-order valence-corrected chi connectivity index (χ0v) is 8.28. The van der Waals surface area contributed by atoms with E-state index >= 15 is 0 Å². The van der Waals surface area contributed by atoms with Crippen molar-refractivity contribution in [1.82, 2.24) is 4.73 Å². The summed E-state index contributed by atoms with van der Waals surface area (Å²) in [6.07, 6.45) is 1.49. The van der Waals surface area contributed by atoms with E-state index in [4.69, 9.17) is 5.21 Å². The van der Waals surface area contributed by atoms with Crippen LogP contribution in [0.1, 0.15) is 0 Å². The summed E-state index contributed by atoms with van der Waals surface area (Å²) >= 11 is 4.67. The van der Waals surface area contributed by atoms with Gasteiger partial charge in [0.05, 0.1) is 0 Å². The Hall–Kier alpha value is -0.0313. The van der Waals surface area contributed by atoms with Crippen LogP contribution < -0.4 is 0 Å². The topological polar surface area (TPSA) is 25.2 Å². The molecular formula is C5H5NOSSn. The van der Waals surface area contributed by atoms with Crippen molar-refractivity contribution in [2.24, 2.45) is 0 Å². The molecule has 0 aliphatic rings. The maximum Gasteiger partial charge on any atom is 0.142 e. The normalized spacial score (nSPS) is 8.00. The first-order chi connectivity index (χ1) is 3.80. The van der Waals surface area contributed by atoms with Crippen molar-refractivity contribution in [2.75, 3.05) is 0 Å². The fourth-order valence-electron chi connectivity index (χ4n) is 0.419. The Morgan fingerprint density at radius 2 is 2.11 bits per heavy atom. The van der Waals surface area contributed by atoms with E-state index in [-0.39, 0.29) is 23.9 Å². The molecule has 0 saturated carbocycles. The molecule has 1 N–H and O–H groups in total. The summed E-state index contributed by atoms with van der Waals surface area (Å²) in [4.78, 5) is 0. The molecule has 1 rings (SSSR count). The van der Waals surface area contributed by atoms with Crippen LogP contribution in [-0.4, -0.2) is 33.8 Å². The molecule has 0 amide bonds. The molecule has 0 aliphatic carbocycles. The van der Waals surface area contributed by atoms with Crippen LogP contribution in [0, 0.1) is 4.64 Å². The summed E-state index contributed by atoms with van der Waals surface area (Å²) in [5.74, 6) is 0. The number of hydrogen-bond donors (Lipinski definition) is 1. The van der Waals surface area contributed by atoms with Crippen LogP contribution in [0.5, 0.6) is 0 Å². The largest absolute Gasteiger partial charge is 0.428 e. The van der Waals surface area contributed by atoms with Gasteiger partial charge in [0, 0.05) is 30.1 Å². The molecule has 4 radical (unpaired) electrons. The van der Waals surface area contributed by atoms with Crippen molar-refractivity contribution >= 4 is 36.1 Å². The van der Waals surface area contributed by atoms with E-state index in [0.717, 1.165) is 4.73 Å². The van der Waals surface area contributed by atoms with Gasteiger partial charge in [0.15, 0.2) is 0 Å². The molecule has 1 aromatic heterocycles. The summed E-state index contributed by atoms with van der Waals surface area (Å²) in [6.45, 7) is 0. The van der Waals surface area contributed by atoms with Crippen molar-refractivity contribution < 1.29 is 5.21 Å². The molecule has 0 spiro atoms. The molecule has 4 heteroatoms. The third kappa shape index (κ3) is 2.36. The third-order valence-electron chi connectivity index (χ3n) is 0.803. The number of aromatic nitrogens is 1. The molecule has 0 unspecified atom stereocenters. The summed E-state index contributed by atoms with van der Waals surface area (Å²) in [5, 5.41) is 8.73. The average Bonchev–Trinajstić information content (AvgIpc) is 1.77. The number of rotatable bonds is 0. The fraction of sp³-hybridized carbons (Fsp3) is 0. The van der Waals surface area contributed by atoms with E-state index in [9.17, 15) is 0 Å². The van der Waals surface area contributed by atoms with Gasteiger partial charge in [0.25, 0.3) is 0 Å². The molecule has 0 fully saturated rings. The second-order valence-electron chi connectivity index (χ2n) is 1.38. The predicted molar refractivity (Wildman–Crippen MR) is 38.2 cm³/mol. The Morgan fingerprint density at radius 1 is 1.44 bits per heavy atom. The molecule has 1 aromatic rings. The molecule has 0 aliphatic heterocycles. The molecular weight excluding hydrogens is 241 g/mol. The first-order valence-electron chi connectivity index (χ1n) is 2.17. The molecule has 2 nitrogen and oxygen atoms in total. The van der Waals surface area contributed by atoms with E-state index in [1.54, 1.807) is 18.2 Å². The van der Waals surface area contributed by atoms with E-state index < -0.39 is 0 Å². The number of hydrogen-bond acceptors (Lipinski definition) is 2.